The molecule has 1 aromatic carbocycles. The summed E-state index contributed by atoms with van der Waals surface area (Å²) in [6.07, 6.45) is 4.99. The van der Waals surface area contributed by atoms with Gasteiger partial charge in [-0.2, -0.15) is 0 Å². The van der Waals surface area contributed by atoms with Gasteiger partial charge in [0.2, 0.25) is 0 Å². The molecule has 140 valence electrons. The van der Waals surface area contributed by atoms with Crippen LogP contribution in [-0.4, -0.2) is 66.0 Å². The SMILES string of the molecule is C[N+]1(C[C@H]2C(c3ccc([N+](=O)[O-])cc3)=NO[C@@H]2N2CCCC2)CCCC1. The molecule has 0 N–H and O–H groups in total. The van der Waals surface area contributed by atoms with Gasteiger partial charge < -0.3 is 9.32 Å². The van der Waals surface area contributed by atoms with E-state index < -0.39 is 0 Å². The maximum Gasteiger partial charge on any atom is 0.269 e. The molecule has 3 aliphatic heterocycles. The van der Waals surface area contributed by atoms with Gasteiger partial charge in [-0.1, -0.05) is 5.16 Å². The van der Waals surface area contributed by atoms with Crippen LogP contribution in [0, 0.1) is 16.0 Å². The van der Waals surface area contributed by atoms with E-state index in [2.05, 4.69) is 17.1 Å². The highest BCUT2D eigenvalue weighted by Crippen LogP contribution is 2.32. The molecule has 0 unspecified atom stereocenters. The monoisotopic (exact) mass is 359 g/mol. The first-order valence-corrected chi connectivity index (χ1v) is 9.62. The molecule has 0 aliphatic carbocycles. The number of nitrogens with zero attached hydrogens (tertiary/aromatic N) is 4. The molecule has 3 heterocycles. The third kappa shape index (κ3) is 3.33. The van der Waals surface area contributed by atoms with Crippen molar-refractivity contribution in [2.75, 3.05) is 39.8 Å². The van der Waals surface area contributed by atoms with E-state index in [1.165, 1.54) is 38.8 Å². The summed E-state index contributed by atoms with van der Waals surface area (Å²) in [7, 11) is 2.33. The van der Waals surface area contributed by atoms with Crippen molar-refractivity contribution in [3.05, 3.63) is 39.9 Å². The van der Waals surface area contributed by atoms with Gasteiger partial charge >= 0.3 is 0 Å². The molecule has 4 rings (SSSR count). The normalized spacial score (nSPS) is 28.1. The number of oxime groups is 1. The van der Waals surface area contributed by atoms with Crippen LogP contribution in [0.5, 0.6) is 0 Å². The van der Waals surface area contributed by atoms with Gasteiger partial charge in [0.15, 0.2) is 6.23 Å². The number of nitro groups is 1. The minimum Gasteiger partial charge on any atom is -0.375 e. The van der Waals surface area contributed by atoms with Crippen molar-refractivity contribution >= 4 is 11.4 Å². The fourth-order valence-electron chi connectivity index (χ4n) is 4.66. The number of non-ortho nitro benzene ring substituents is 1. The summed E-state index contributed by atoms with van der Waals surface area (Å²) in [6.45, 7) is 5.55. The summed E-state index contributed by atoms with van der Waals surface area (Å²) >= 11 is 0. The van der Waals surface area contributed by atoms with Gasteiger partial charge in [0.05, 0.1) is 31.6 Å². The van der Waals surface area contributed by atoms with Crippen LogP contribution in [0.25, 0.3) is 0 Å². The number of hydrogen-bond acceptors (Lipinski definition) is 5. The smallest absolute Gasteiger partial charge is 0.269 e. The predicted octanol–water partition coefficient (Wildman–Crippen LogP) is 2.61. The first-order chi connectivity index (χ1) is 12.6. The number of quaternary nitrogens is 1. The maximum absolute atomic E-state index is 10.9. The Hall–Kier alpha value is -1.99. The number of benzene rings is 1. The number of nitro benzene ring substituents is 1. The zero-order chi connectivity index (χ0) is 18.1. The van der Waals surface area contributed by atoms with Gasteiger partial charge in [-0.05, 0) is 25.0 Å². The summed E-state index contributed by atoms with van der Waals surface area (Å²) in [4.78, 5) is 18.9. The average Bonchev–Trinajstić information content (AvgIpc) is 3.36. The average molecular weight is 359 g/mol. The Kier molecular flexibility index (Phi) is 4.67. The molecule has 0 saturated carbocycles. The maximum atomic E-state index is 10.9. The first kappa shape index (κ1) is 17.4. The van der Waals surface area contributed by atoms with E-state index in [1.54, 1.807) is 12.1 Å². The molecule has 2 saturated heterocycles. The Morgan fingerprint density at radius 2 is 1.85 bits per heavy atom. The standard InChI is InChI=1S/C19H27N4O3/c1-23(12-4-5-13-23)14-17-18(15-6-8-16(9-7-15)22(24)25)20-26-19(17)21-10-2-3-11-21/h6-9,17,19H,2-5,10-14H2,1H3/q+1/t17-,19-/m0/s1. The second kappa shape index (κ2) is 6.96. The zero-order valence-corrected chi connectivity index (χ0v) is 15.3. The van der Waals surface area contributed by atoms with Crippen molar-refractivity contribution in [1.82, 2.24) is 4.90 Å². The summed E-state index contributed by atoms with van der Waals surface area (Å²) in [5.41, 5.74) is 2.00. The lowest BCUT2D eigenvalue weighted by Crippen LogP contribution is -2.51. The van der Waals surface area contributed by atoms with Gasteiger partial charge in [0.25, 0.3) is 5.69 Å². The molecular formula is C19H27N4O3+. The van der Waals surface area contributed by atoms with Crippen LogP contribution in [0.1, 0.15) is 31.2 Å². The topological polar surface area (TPSA) is 68.0 Å². The Bertz CT molecular complexity index is 691. The molecule has 3 aliphatic rings. The Labute approximate surface area is 154 Å². The largest absolute Gasteiger partial charge is 0.375 e. The van der Waals surface area contributed by atoms with Gasteiger partial charge in [-0.15, -0.1) is 0 Å². The van der Waals surface area contributed by atoms with Crippen LogP contribution >= 0.6 is 0 Å². The summed E-state index contributed by atoms with van der Waals surface area (Å²) in [5.74, 6) is 0.206. The minimum absolute atomic E-state index is 0.00163. The molecule has 1 aromatic rings. The second-order valence-corrected chi connectivity index (χ2v) is 8.08. The van der Waals surface area contributed by atoms with Crippen LogP contribution in [0.15, 0.2) is 29.4 Å². The van der Waals surface area contributed by atoms with Crippen LogP contribution in [0.3, 0.4) is 0 Å². The molecular weight excluding hydrogens is 332 g/mol. The van der Waals surface area contributed by atoms with E-state index >= 15 is 0 Å². The Balaban J connectivity index is 1.59. The van der Waals surface area contributed by atoms with Gasteiger partial charge in [-0.25, -0.2) is 0 Å². The first-order valence-electron chi connectivity index (χ1n) is 9.62. The zero-order valence-electron chi connectivity index (χ0n) is 15.3. The Morgan fingerprint density at radius 1 is 1.19 bits per heavy atom. The van der Waals surface area contributed by atoms with Crippen molar-refractivity contribution in [3.63, 3.8) is 0 Å². The van der Waals surface area contributed by atoms with E-state index in [0.29, 0.717) is 0 Å². The van der Waals surface area contributed by atoms with Crippen molar-refractivity contribution in [2.24, 2.45) is 11.1 Å². The molecule has 0 amide bonds. The minimum atomic E-state index is -0.363. The lowest BCUT2D eigenvalue weighted by molar-refractivity contribution is -0.900. The second-order valence-electron chi connectivity index (χ2n) is 8.08. The molecule has 7 heteroatoms. The van der Waals surface area contributed by atoms with Gasteiger partial charge in [-0.3, -0.25) is 15.0 Å². The summed E-state index contributed by atoms with van der Waals surface area (Å²) in [6, 6.07) is 6.74. The lowest BCUT2D eigenvalue weighted by atomic mass is 9.93. The highest BCUT2D eigenvalue weighted by atomic mass is 16.7. The fraction of sp³-hybridized carbons (Fsp3) is 0.632. The van der Waals surface area contributed by atoms with E-state index in [0.717, 1.165) is 35.4 Å². The highest BCUT2D eigenvalue weighted by molar-refractivity contribution is 6.03. The van der Waals surface area contributed by atoms with Crippen LogP contribution in [0.2, 0.25) is 0 Å². The van der Waals surface area contributed by atoms with Crippen molar-refractivity contribution in [3.8, 4) is 0 Å². The third-order valence-electron chi connectivity index (χ3n) is 6.11. The molecule has 2 fully saturated rings. The molecule has 0 radical (unpaired) electrons. The number of hydrogen-bond donors (Lipinski definition) is 0. The van der Waals surface area contributed by atoms with Crippen molar-refractivity contribution < 1.29 is 14.2 Å². The highest BCUT2D eigenvalue weighted by Gasteiger charge is 2.45. The van der Waals surface area contributed by atoms with E-state index in [9.17, 15) is 10.1 Å². The van der Waals surface area contributed by atoms with Crippen LogP contribution < -0.4 is 0 Å². The predicted molar refractivity (Wildman–Crippen MR) is 98.8 cm³/mol. The van der Waals surface area contributed by atoms with Crippen LogP contribution in [0.4, 0.5) is 5.69 Å². The molecule has 0 spiro atoms. The number of likely N-dealkylation sites (tertiary alicyclic amines) is 2. The van der Waals surface area contributed by atoms with Crippen molar-refractivity contribution in [1.29, 1.82) is 0 Å². The quantitative estimate of drug-likeness (QED) is 0.460. The lowest BCUT2D eigenvalue weighted by Gasteiger charge is -2.35. The van der Waals surface area contributed by atoms with Gasteiger partial charge in [0.1, 0.15) is 11.6 Å². The molecule has 0 aromatic heterocycles. The van der Waals surface area contributed by atoms with E-state index in [4.69, 9.17) is 4.84 Å². The van der Waals surface area contributed by atoms with Crippen LogP contribution in [-0.2, 0) is 4.84 Å². The summed E-state index contributed by atoms with van der Waals surface area (Å²) < 4.78 is 1.06. The van der Waals surface area contributed by atoms with E-state index in [-0.39, 0.29) is 22.8 Å². The summed E-state index contributed by atoms with van der Waals surface area (Å²) in [5, 5.41) is 15.4. The van der Waals surface area contributed by atoms with Gasteiger partial charge in [0, 0.05) is 43.6 Å². The van der Waals surface area contributed by atoms with E-state index in [1.807, 2.05) is 12.1 Å². The molecule has 26 heavy (non-hydrogen) atoms. The molecule has 2 atom stereocenters. The molecule has 0 bridgehead atoms. The fourth-order valence-corrected chi connectivity index (χ4v) is 4.66. The molecule has 7 nitrogen and oxygen atoms in total. The van der Waals surface area contributed by atoms with Crippen molar-refractivity contribution in [2.45, 2.75) is 31.9 Å². The number of rotatable bonds is 5. The third-order valence-corrected chi connectivity index (χ3v) is 6.11. The Morgan fingerprint density at radius 3 is 2.46 bits per heavy atom.